The number of benzene rings is 2. The lowest BCUT2D eigenvalue weighted by molar-refractivity contribution is 0.100. The third kappa shape index (κ3) is 4.26. The summed E-state index contributed by atoms with van der Waals surface area (Å²) in [5, 5.41) is 23.1. The quantitative estimate of drug-likeness (QED) is 0.240. The Kier molecular flexibility index (Phi) is 5.99. The minimum atomic E-state index is -1.53. The number of aromatic nitrogens is 3. The van der Waals surface area contributed by atoms with Gasteiger partial charge < -0.3 is 26.8 Å². The van der Waals surface area contributed by atoms with E-state index in [1.54, 1.807) is 30.3 Å². The van der Waals surface area contributed by atoms with Crippen molar-refractivity contribution in [2.75, 3.05) is 12.4 Å². The number of carbonyl (C=O) groups is 1. The van der Waals surface area contributed by atoms with E-state index < -0.39 is 13.0 Å². The van der Waals surface area contributed by atoms with Gasteiger partial charge in [0, 0.05) is 48.4 Å². The summed E-state index contributed by atoms with van der Waals surface area (Å²) in [4.78, 5) is 23.9. The average molecular weight is 471 g/mol. The summed E-state index contributed by atoms with van der Waals surface area (Å²) < 4.78 is 1.87. The van der Waals surface area contributed by atoms with E-state index in [1.807, 2.05) is 29.8 Å². The summed E-state index contributed by atoms with van der Waals surface area (Å²) in [6.07, 6.45) is 0. The second-order valence-corrected chi connectivity index (χ2v) is 8.72. The molecule has 11 heteroatoms. The van der Waals surface area contributed by atoms with Gasteiger partial charge >= 0.3 is 7.12 Å². The van der Waals surface area contributed by atoms with Gasteiger partial charge in [-0.15, -0.1) is 0 Å². The van der Waals surface area contributed by atoms with Crippen LogP contribution in [0.25, 0.3) is 16.9 Å². The topological polar surface area (TPSA) is 156 Å². The van der Waals surface area contributed by atoms with Crippen molar-refractivity contribution in [1.82, 2.24) is 19.4 Å². The van der Waals surface area contributed by atoms with E-state index in [4.69, 9.17) is 21.4 Å². The maximum Gasteiger partial charge on any atom is 0.488 e. The van der Waals surface area contributed by atoms with Crippen molar-refractivity contribution >= 4 is 35.2 Å². The first-order valence-corrected chi connectivity index (χ1v) is 11.3. The molecular formula is C24H26BN7O3. The molecule has 0 fully saturated rings. The van der Waals surface area contributed by atoms with Gasteiger partial charge in [-0.05, 0) is 36.3 Å². The molecule has 0 saturated heterocycles. The molecule has 4 aromatic rings. The maximum absolute atomic E-state index is 12.0. The molecule has 7 N–H and O–H groups in total. The summed E-state index contributed by atoms with van der Waals surface area (Å²) in [6, 6.07) is 14.3. The van der Waals surface area contributed by atoms with E-state index in [2.05, 4.69) is 10.2 Å². The number of amides is 1. The van der Waals surface area contributed by atoms with Crippen LogP contribution in [-0.2, 0) is 26.2 Å². The first kappa shape index (κ1) is 23.0. The van der Waals surface area contributed by atoms with E-state index in [1.165, 1.54) is 0 Å². The molecule has 1 amide bonds. The molecule has 0 bridgehead atoms. The molecule has 1 aliphatic rings. The third-order valence-corrected chi connectivity index (χ3v) is 6.23. The highest BCUT2D eigenvalue weighted by molar-refractivity contribution is 6.58. The Balaban J connectivity index is 1.59. The van der Waals surface area contributed by atoms with E-state index in [0.29, 0.717) is 47.8 Å². The first-order chi connectivity index (χ1) is 16.9. The second kappa shape index (κ2) is 9.12. The van der Waals surface area contributed by atoms with Crippen LogP contribution < -0.4 is 22.2 Å². The maximum atomic E-state index is 12.0. The molecule has 35 heavy (non-hydrogen) atoms. The van der Waals surface area contributed by atoms with Gasteiger partial charge in [0.15, 0.2) is 0 Å². The van der Waals surface area contributed by atoms with Gasteiger partial charge in [0.1, 0.15) is 5.82 Å². The number of nitrogens with two attached hydrogens (primary N) is 2. The van der Waals surface area contributed by atoms with Crippen LogP contribution >= 0.6 is 0 Å². The summed E-state index contributed by atoms with van der Waals surface area (Å²) in [5.74, 6) is 0.642. The summed E-state index contributed by atoms with van der Waals surface area (Å²) >= 11 is 0. The molecule has 178 valence electrons. The molecule has 1 aliphatic heterocycles. The number of nitrogens with zero attached hydrogens (tertiary/aromatic N) is 4. The number of anilines is 1. The van der Waals surface area contributed by atoms with Gasteiger partial charge in [-0.1, -0.05) is 30.3 Å². The monoisotopic (exact) mass is 471 g/mol. The number of carbonyl (C=O) groups excluding carboxylic acids is 1. The number of nitrogens with one attached hydrogen (secondary N) is 1. The minimum Gasteiger partial charge on any atom is -0.423 e. The van der Waals surface area contributed by atoms with Gasteiger partial charge in [-0.2, -0.15) is 4.98 Å². The van der Waals surface area contributed by atoms with Crippen molar-refractivity contribution in [3.05, 3.63) is 76.6 Å². The van der Waals surface area contributed by atoms with E-state index in [-0.39, 0.29) is 6.54 Å². The number of hydrogen-bond donors (Lipinski definition) is 5. The number of hydrogen-bond acceptors (Lipinski definition) is 8. The van der Waals surface area contributed by atoms with Crippen LogP contribution in [0.1, 0.15) is 32.9 Å². The normalized spacial score (nSPS) is 13.3. The predicted octanol–water partition coefficient (Wildman–Crippen LogP) is 0.215. The van der Waals surface area contributed by atoms with Crippen molar-refractivity contribution in [3.8, 4) is 5.95 Å². The largest absolute Gasteiger partial charge is 0.488 e. The van der Waals surface area contributed by atoms with Crippen LogP contribution in [0.15, 0.2) is 48.5 Å². The molecular weight excluding hydrogens is 445 g/mol. The lowest BCUT2D eigenvalue weighted by Crippen LogP contribution is -2.30. The van der Waals surface area contributed by atoms with Crippen molar-refractivity contribution in [1.29, 1.82) is 0 Å². The van der Waals surface area contributed by atoms with Crippen LogP contribution in [0.3, 0.4) is 0 Å². The van der Waals surface area contributed by atoms with Crippen molar-refractivity contribution in [2.45, 2.75) is 26.2 Å². The zero-order chi connectivity index (χ0) is 24.7. The molecule has 5 rings (SSSR count). The van der Waals surface area contributed by atoms with Gasteiger partial charge in [0.05, 0.1) is 11.2 Å². The molecule has 2 aromatic carbocycles. The van der Waals surface area contributed by atoms with E-state index in [9.17, 15) is 14.8 Å². The Morgan fingerprint density at radius 1 is 1.14 bits per heavy atom. The van der Waals surface area contributed by atoms with Crippen LogP contribution in [0.5, 0.6) is 0 Å². The zero-order valence-corrected chi connectivity index (χ0v) is 19.3. The zero-order valence-electron chi connectivity index (χ0n) is 19.3. The molecule has 10 nitrogen and oxygen atoms in total. The summed E-state index contributed by atoms with van der Waals surface area (Å²) in [5.41, 5.74) is 16.8. The van der Waals surface area contributed by atoms with Crippen LogP contribution in [-0.4, -0.2) is 49.6 Å². The molecule has 0 atom stereocenters. The van der Waals surface area contributed by atoms with Gasteiger partial charge in [0.2, 0.25) is 11.9 Å². The fourth-order valence-corrected chi connectivity index (χ4v) is 4.58. The standard InChI is InChI=1S/C24H26BN7O3/c1-31-12-19-20(13-31)29-24(30-23(19)28-11-14-4-2-5-15(8-14)25(34)35)32-16(10-26)9-18-17(22(27)33)6-3-7-21(18)32/h2-9,34-35H,10-13,26H2,1H3,(H2,27,33)(H,28,29,30). The fourth-order valence-electron chi connectivity index (χ4n) is 4.58. The average Bonchev–Trinajstić information content (AvgIpc) is 3.41. The summed E-state index contributed by atoms with van der Waals surface area (Å²) in [6.45, 7) is 2.05. The fraction of sp³-hybridized carbons (Fsp3) is 0.208. The summed E-state index contributed by atoms with van der Waals surface area (Å²) in [7, 11) is 0.493. The molecule has 3 heterocycles. The molecule has 0 saturated carbocycles. The predicted molar refractivity (Wildman–Crippen MR) is 134 cm³/mol. The third-order valence-electron chi connectivity index (χ3n) is 6.23. The molecule has 0 unspecified atom stereocenters. The first-order valence-electron chi connectivity index (χ1n) is 11.3. The van der Waals surface area contributed by atoms with Crippen LogP contribution in [0, 0.1) is 0 Å². The highest BCUT2D eigenvalue weighted by Gasteiger charge is 2.25. The highest BCUT2D eigenvalue weighted by atomic mass is 16.4. The minimum absolute atomic E-state index is 0.228. The van der Waals surface area contributed by atoms with Crippen LogP contribution in [0.2, 0.25) is 0 Å². The number of rotatable bonds is 7. The Labute approximate surface area is 202 Å². The van der Waals surface area contributed by atoms with Crippen molar-refractivity contribution in [3.63, 3.8) is 0 Å². The molecule has 2 aromatic heterocycles. The molecule has 0 aliphatic carbocycles. The van der Waals surface area contributed by atoms with Gasteiger partial charge in [-0.3, -0.25) is 14.3 Å². The van der Waals surface area contributed by atoms with Crippen molar-refractivity contribution < 1.29 is 14.8 Å². The Bertz CT molecular complexity index is 1440. The molecule has 0 radical (unpaired) electrons. The lowest BCUT2D eigenvalue weighted by Gasteiger charge is -2.15. The number of fused-ring (bicyclic) bond motifs is 2. The van der Waals surface area contributed by atoms with Crippen molar-refractivity contribution in [2.24, 2.45) is 11.5 Å². The molecule has 0 spiro atoms. The van der Waals surface area contributed by atoms with E-state index in [0.717, 1.165) is 28.0 Å². The van der Waals surface area contributed by atoms with Gasteiger partial charge in [-0.25, -0.2) is 4.98 Å². The number of primary amides is 1. The highest BCUT2D eigenvalue weighted by Crippen LogP contribution is 2.30. The Morgan fingerprint density at radius 2 is 1.94 bits per heavy atom. The Morgan fingerprint density at radius 3 is 2.69 bits per heavy atom. The van der Waals surface area contributed by atoms with Gasteiger partial charge in [0.25, 0.3) is 0 Å². The Hall–Kier alpha value is -3.77. The smallest absolute Gasteiger partial charge is 0.423 e. The second-order valence-electron chi connectivity index (χ2n) is 8.72. The van der Waals surface area contributed by atoms with E-state index >= 15 is 0 Å². The SMILES string of the molecule is CN1Cc2nc(-n3c(CN)cc4c(C(N)=O)cccc43)nc(NCc3cccc(B(O)O)c3)c2C1. The lowest BCUT2D eigenvalue weighted by atomic mass is 9.80. The van der Waals surface area contributed by atoms with Crippen LogP contribution in [0.4, 0.5) is 5.82 Å².